The van der Waals surface area contributed by atoms with Crippen LogP contribution in [0.2, 0.25) is 0 Å². The number of hydrogen-bond acceptors (Lipinski definition) is 4. The molecule has 1 rings (SSSR count). The molecular formula is C9H12N4O5. The van der Waals surface area contributed by atoms with Crippen molar-refractivity contribution in [3.05, 3.63) is 18.2 Å². The van der Waals surface area contributed by atoms with Gasteiger partial charge in [-0.2, -0.15) is 0 Å². The van der Waals surface area contributed by atoms with Crippen LogP contribution in [0.5, 0.6) is 0 Å². The molecule has 1 unspecified atom stereocenters. The molecule has 18 heavy (non-hydrogen) atoms. The molecule has 0 saturated carbocycles. The number of carbonyl (C=O) groups is 3. The zero-order valence-corrected chi connectivity index (χ0v) is 9.21. The second-order valence-corrected chi connectivity index (χ2v) is 3.35. The summed E-state index contributed by atoms with van der Waals surface area (Å²) in [5.74, 6) is -2.23. The predicted molar refractivity (Wildman–Crippen MR) is 57.6 cm³/mol. The van der Waals surface area contributed by atoms with Crippen LogP contribution in [0.3, 0.4) is 0 Å². The lowest BCUT2D eigenvalue weighted by atomic mass is 10.2. The van der Waals surface area contributed by atoms with Gasteiger partial charge in [-0.25, -0.2) is 14.6 Å². The Labute approximate surface area is 101 Å². The topological polar surface area (TPSA) is 144 Å². The molecule has 0 saturated heterocycles. The van der Waals surface area contributed by atoms with Crippen LogP contribution in [0.1, 0.15) is 12.2 Å². The summed E-state index contributed by atoms with van der Waals surface area (Å²) in [5, 5.41) is 21.6. The summed E-state index contributed by atoms with van der Waals surface area (Å²) in [7, 11) is 0. The maximum Gasteiger partial charge on any atom is 0.326 e. The van der Waals surface area contributed by atoms with E-state index in [0.29, 0.717) is 5.82 Å². The van der Waals surface area contributed by atoms with E-state index in [4.69, 9.17) is 10.2 Å². The minimum absolute atomic E-state index is 0.0816. The molecule has 0 bridgehead atoms. The lowest BCUT2D eigenvalue weighted by Gasteiger charge is -2.12. The largest absolute Gasteiger partial charge is 0.481 e. The van der Waals surface area contributed by atoms with Crippen LogP contribution in [-0.2, 0) is 16.1 Å². The molecule has 98 valence electrons. The fourth-order valence-corrected chi connectivity index (χ4v) is 1.14. The third-order valence-corrected chi connectivity index (χ3v) is 1.95. The number of nitrogens with one attached hydrogen (secondary N) is 3. The fraction of sp³-hybridized carbons (Fsp3) is 0.333. The molecule has 0 aromatic carbocycles. The van der Waals surface area contributed by atoms with E-state index >= 15 is 0 Å². The number of rotatable bonds is 6. The van der Waals surface area contributed by atoms with E-state index in [0.717, 1.165) is 0 Å². The summed E-state index contributed by atoms with van der Waals surface area (Å²) in [6.07, 6.45) is 2.38. The minimum atomic E-state index is -1.47. The van der Waals surface area contributed by atoms with Crippen molar-refractivity contribution in [2.45, 2.75) is 19.0 Å². The fourth-order valence-electron chi connectivity index (χ4n) is 1.14. The quantitative estimate of drug-likeness (QED) is 0.447. The molecule has 1 aromatic rings. The first-order valence-electron chi connectivity index (χ1n) is 4.96. The zero-order valence-electron chi connectivity index (χ0n) is 9.21. The highest BCUT2D eigenvalue weighted by atomic mass is 16.4. The Morgan fingerprint density at radius 1 is 1.39 bits per heavy atom. The van der Waals surface area contributed by atoms with E-state index in [-0.39, 0.29) is 6.54 Å². The van der Waals surface area contributed by atoms with Gasteiger partial charge in [0.25, 0.3) is 0 Å². The number of carboxylic acid groups (broad SMARTS) is 2. The molecule has 1 heterocycles. The average molecular weight is 256 g/mol. The van der Waals surface area contributed by atoms with E-state index < -0.39 is 30.4 Å². The molecule has 0 aliphatic carbocycles. The monoisotopic (exact) mass is 256 g/mol. The summed E-state index contributed by atoms with van der Waals surface area (Å²) in [4.78, 5) is 39.0. The number of urea groups is 1. The minimum Gasteiger partial charge on any atom is -0.481 e. The van der Waals surface area contributed by atoms with Crippen LogP contribution in [0.4, 0.5) is 4.79 Å². The lowest BCUT2D eigenvalue weighted by molar-refractivity contribution is -0.145. The van der Waals surface area contributed by atoms with Crippen molar-refractivity contribution in [1.29, 1.82) is 0 Å². The maximum absolute atomic E-state index is 11.3. The van der Waals surface area contributed by atoms with Gasteiger partial charge in [-0.1, -0.05) is 0 Å². The van der Waals surface area contributed by atoms with Gasteiger partial charge >= 0.3 is 18.0 Å². The van der Waals surface area contributed by atoms with Gasteiger partial charge in [-0.3, -0.25) is 4.79 Å². The van der Waals surface area contributed by atoms with Crippen molar-refractivity contribution in [2.75, 3.05) is 0 Å². The first kappa shape index (κ1) is 13.5. The zero-order chi connectivity index (χ0) is 13.5. The first-order chi connectivity index (χ1) is 8.49. The van der Waals surface area contributed by atoms with Gasteiger partial charge in [-0.05, 0) is 0 Å². The van der Waals surface area contributed by atoms with E-state index in [9.17, 15) is 14.4 Å². The number of imidazole rings is 1. The molecule has 9 nitrogen and oxygen atoms in total. The number of nitrogens with zero attached hydrogens (tertiary/aromatic N) is 1. The van der Waals surface area contributed by atoms with Crippen molar-refractivity contribution in [3.8, 4) is 0 Å². The summed E-state index contributed by atoms with van der Waals surface area (Å²) in [5.41, 5.74) is 0. The molecule has 0 radical (unpaired) electrons. The third-order valence-electron chi connectivity index (χ3n) is 1.95. The van der Waals surface area contributed by atoms with Crippen molar-refractivity contribution in [3.63, 3.8) is 0 Å². The van der Waals surface area contributed by atoms with Crippen LogP contribution in [0, 0.1) is 0 Å². The number of hydrogen-bond donors (Lipinski definition) is 5. The van der Waals surface area contributed by atoms with Gasteiger partial charge < -0.3 is 25.8 Å². The molecule has 1 atom stereocenters. The Morgan fingerprint density at radius 2 is 2.11 bits per heavy atom. The van der Waals surface area contributed by atoms with E-state index in [2.05, 4.69) is 15.3 Å². The third kappa shape index (κ3) is 4.51. The SMILES string of the molecule is O=C(O)CC(NC(=O)NCc1ncc[nH]1)C(=O)O. The number of aromatic amines is 1. The Bertz CT molecular complexity index is 430. The summed E-state index contributed by atoms with van der Waals surface area (Å²) >= 11 is 0. The molecule has 0 spiro atoms. The van der Waals surface area contributed by atoms with Crippen molar-refractivity contribution >= 4 is 18.0 Å². The van der Waals surface area contributed by atoms with Crippen molar-refractivity contribution < 1.29 is 24.6 Å². The smallest absolute Gasteiger partial charge is 0.326 e. The predicted octanol–water partition coefficient (Wildman–Crippen LogP) is -0.863. The number of carbonyl (C=O) groups excluding carboxylic acids is 1. The number of aromatic nitrogens is 2. The van der Waals surface area contributed by atoms with Crippen LogP contribution in [0.25, 0.3) is 0 Å². The number of H-pyrrole nitrogens is 1. The number of carboxylic acids is 2. The molecule has 2 amide bonds. The Morgan fingerprint density at radius 3 is 2.61 bits per heavy atom. The van der Waals surface area contributed by atoms with E-state index in [1.807, 2.05) is 5.32 Å². The van der Waals surface area contributed by atoms with E-state index in [1.54, 1.807) is 6.20 Å². The number of aliphatic carboxylic acids is 2. The maximum atomic E-state index is 11.3. The second-order valence-electron chi connectivity index (χ2n) is 3.35. The Balaban J connectivity index is 2.41. The second kappa shape index (κ2) is 6.23. The Hall–Kier alpha value is -2.58. The van der Waals surface area contributed by atoms with Crippen LogP contribution in [0.15, 0.2) is 12.4 Å². The normalized spacial score (nSPS) is 11.6. The lowest BCUT2D eigenvalue weighted by Crippen LogP contribution is -2.46. The van der Waals surface area contributed by atoms with Crippen molar-refractivity contribution in [2.24, 2.45) is 0 Å². The molecule has 5 N–H and O–H groups in total. The highest BCUT2D eigenvalue weighted by molar-refractivity contribution is 5.86. The standard InChI is InChI=1S/C9H12N4O5/c14-7(15)3-5(8(16)17)13-9(18)12-4-6-10-1-2-11-6/h1-2,5H,3-4H2,(H,10,11)(H,14,15)(H,16,17)(H2,12,13,18). The van der Waals surface area contributed by atoms with Gasteiger partial charge in [0, 0.05) is 12.4 Å². The van der Waals surface area contributed by atoms with E-state index in [1.165, 1.54) is 6.20 Å². The Kier molecular flexibility index (Phi) is 4.67. The highest BCUT2D eigenvalue weighted by Gasteiger charge is 2.22. The molecule has 0 aliphatic rings. The van der Waals surface area contributed by atoms with Gasteiger partial charge in [0.15, 0.2) is 0 Å². The van der Waals surface area contributed by atoms with Crippen molar-refractivity contribution in [1.82, 2.24) is 20.6 Å². The highest BCUT2D eigenvalue weighted by Crippen LogP contribution is 1.93. The van der Waals surface area contributed by atoms with Crippen LogP contribution >= 0.6 is 0 Å². The number of amides is 2. The van der Waals surface area contributed by atoms with Crippen LogP contribution < -0.4 is 10.6 Å². The molecular weight excluding hydrogens is 244 g/mol. The molecule has 0 fully saturated rings. The van der Waals surface area contributed by atoms with Gasteiger partial charge in [0.05, 0.1) is 13.0 Å². The van der Waals surface area contributed by atoms with Crippen LogP contribution in [-0.4, -0.2) is 44.2 Å². The molecule has 1 aromatic heterocycles. The summed E-state index contributed by atoms with van der Waals surface area (Å²) in [6.45, 7) is 0.0816. The van der Waals surface area contributed by atoms with Gasteiger partial charge in [0.1, 0.15) is 11.9 Å². The molecule has 9 heteroatoms. The van der Waals surface area contributed by atoms with Gasteiger partial charge in [-0.15, -0.1) is 0 Å². The first-order valence-corrected chi connectivity index (χ1v) is 4.96. The van der Waals surface area contributed by atoms with Gasteiger partial charge in [0.2, 0.25) is 0 Å². The summed E-state index contributed by atoms with van der Waals surface area (Å²) in [6, 6.07) is -2.25. The molecule has 0 aliphatic heterocycles. The average Bonchev–Trinajstić information content (AvgIpc) is 2.77. The summed E-state index contributed by atoms with van der Waals surface area (Å²) < 4.78 is 0.